The van der Waals surface area contributed by atoms with Crippen molar-refractivity contribution in [1.29, 1.82) is 0 Å². The molecule has 0 radical (unpaired) electrons. The molecule has 0 amide bonds. The van der Waals surface area contributed by atoms with Gasteiger partial charge in [-0.05, 0) is 23.3 Å². The van der Waals surface area contributed by atoms with E-state index in [0.717, 1.165) is 11.1 Å². The van der Waals surface area contributed by atoms with Gasteiger partial charge in [0, 0.05) is 22.3 Å². The molecule has 0 fully saturated rings. The van der Waals surface area contributed by atoms with Gasteiger partial charge in [0.25, 0.3) is 0 Å². The van der Waals surface area contributed by atoms with E-state index in [1.54, 1.807) is 24.3 Å². The molecule has 104 valence electrons. The van der Waals surface area contributed by atoms with Crippen LogP contribution in [0.25, 0.3) is 12.2 Å². The normalized spacial score (nSPS) is 19.1. The predicted molar refractivity (Wildman–Crippen MR) is 86.6 cm³/mol. The third-order valence-corrected chi connectivity index (χ3v) is 4.05. The first-order valence-corrected chi connectivity index (χ1v) is 7.13. The largest absolute Gasteiger partial charge is 0.289 e. The lowest BCUT2D eigenvalue weighted by atomic mass is 9.84. The van der Waals surface area contributed by atoms with Crippen molar-refractivity contribution in [1.82, 2.24) is 0 Å². The first-order chi connectivity index (χ1) is 10.8. The lowest BCUT2D eigenvalue weighted by Gasteiger charge is -2.17. The molecule has 0 aliphatic heterocycles. The van der Waals surface area contributed by atoms with Crippen molar-refractivity contribution in [2.75, 3.05) is 0 Å². The molecule has 2 aliphatic rings. The molecule has 2 aliphatic carbocycles. The molecule has 0 heterocycles. The Morgan fingerprint density at radius 3 is 1.36 bits per heavy atom. The van der Waals surface area contributed by atoms with Crippen LogP contribution >= 0.6 is 0 Å². The number of rotatable bonds is 0. The number of carbonyl (C=O) groups is 2. The van der Waals surface area contributed by atoms with Crippen LogP contribution in [0.4, 0.5) is 0 Å². The Morgan fingerprint density at radius 1 is 0.500 bits per heavy atom. The molecule has 0 bridgehead atoms. The first kappa shape index (κ1) is 12.7. The van der Waals surface area contributed by atoms with Crippen LogP contribution < -0.4 is 0 Å². The number of allylic oxidation sites excluding steroid dienone is 4. The summed E-state index contributed by atoms with van der Waals surface area (Å²) in [6, 6.07) is 14.9. The number of benzene rings is 2. The van der Waals surface area contributed by atoms with Crippen LogP contribution in [-0.4, -0.2) is 11.6 Å². The van der Waals surface area contributed by atoms with Crippen LogP contribution in [0.3, 0.4) is 0 Å². The van der Waals surface area contributed by atoms with Gasteiger partial charge < -0.3 is 0 Å². The van der Waals surface area contributed by atoms with Gasteiger partial charge in [0.15, 0.2) is 11.6 Å². The summed E-state index contributed by atoms with van der Waals surface area (Å²) in [5.74, 6) is -0.184. The zero-order valence-corrected chi connectivity index (χ0v) is 11.7. The molecule has 2 heteroatoms. The van der Waals surface area contributed by atoms with Gasteiger partial charge in [-0.15, -0.1) is 0 Å². The quantitative estimate of drug-likeness (QED) is 0.682. The highest BCUT2D eigenvalue weighted by atomic mass is 16.1. The fourth-order valence-electron chi connectivity index (χ4n) is 2.91. The molecule has 0 saturated heterocycles. The standard InChI is InChI=1S/C20H12O2/c21-19-15-7-3-1-5-13(15)9-11-17(19)18-12-10-14-6-2-4-8-16(14)20(18)22/h1-12H/b18-17+. The lowest BCUT2D eigenvalue weighted by molar-refractivity contribution is 0.100. The molecule has 0 atom stereocenters. The van der Waals surface area contributed by atoms with Crippen LogP contribution in [-0.2, 0) is 0 Å². The average molecular weight is 284 g/mol. The Kier molecular flexibility index (Phi) is 2.76. The maximum Gasteiger partial charge on any atom is 0.194 e. The summed E-state index contributed by atoms with van der Waals surface area (Å²) in [7, 11) is 0. The molecule has 0 N–H and O–H groups in total. The van der Waals surface area contributed by atoms with Crippen LogP contribution in [0.15, 0.2) is 71.8 Å². The van der Waals surface area contributed by atoms with E-state index in [2.05, 4.69) is 0 Å². The maximum absolute atomic E-state index is 12.7. The minimum Gasteiger partial charge on any atom is -0.289 e. The second-order valence-corrected chi connectivity index (χ2v) is 5.33. The molecule has 4 rings (SSSR count). The van der Waals surface area contributed by atoms with E-state index < -0.39 is 0 Å². The summed E-state index contributed by atoms with van der Waals surface area (Å²) < 4.78 is 0. The van der Waals surface area contributed by atoms with E-state index in [0.29, 0.717) is 22.3 Å². The minimum atomic E-state index is -0.0921. The van der Waals surface area contributed by atoms with Gasteiger partial charge in [-0.2, -0.15) is 0 Å². The van der Waals surface area contributed by atoms with E-state index in [1.807, 2.05) is 48.6 Å². The molecular weight excluding hydrogens is 272 g/mol. The van der Waals surface area contributed by atoms with E-state index in [4.69, 9.17) is 0 Å². The molecule has 0 saturated carbocycles. The predicted octanol–water partition coefficient (Wildman–Crippen LogP) is 4.10. The number of carbonyl (C=O) groups excluding carboxylic acids is 2. The summed E-state index contributed by atoms with van der Waals surface area (Å²) in [5.41, 5.74) is 4.01. The molecule has 22 heavy (non-hydrogen) atoms. The second-order valence-electron chi connectivity index (χ2n) is 5.33. The van der Waals surface area contributed by atoms with Gasteiger partial charge in [-0.3, -0.25) is 9.59 Å². The second kappa shape index (κ2) is 4.78. The van der Waals surface area contributed by atoms with Gasteiger partial charge in [-0.1, -0.05) is 60.7 Å². The molecule has 2 aromatic rings. The van der Waals surface area contributed by atoms with Gasteiger partial charge in [0.2, 0.25) is 0 Å². The van der Waals surface area contributed by atoms with Crippen LogP contribution in [0, 0.1) is 0 Å². The lowest BCUT2D eigenvalue weighted by Crippen LogP contribution is -2.16. The van der Waals surface area contributed by atoms with Crippen molar-refractivity contribution in [3.63, 3.8) is 0 Å². The van der Waals surface area contributed by atoms with Crippen LogP contribution in [0.5, 0.6) is 0 Å². The zero-order chi connectivity index (χ0) is 15.1. The van der Waals surface area contributed by atoms with E-state index >= 15 is 0 Å². The van der Waals surface area contributed by atoms with Gasteiger partial charge in [0.05, 0.1) is 0 Å². The highest BCUT2D eigenvalue weighted by molar-refractivity contribution is 6.24. The number of hydrogen-bond acceptors (Lipinski definition) is 2. The molecule has 0 unspecified atom stereocenters. The number of fused-ring (bicyclic) bond motifs is 2. The summed E-state index contributed by atoms with van der Waals surface area (Å²) in [6.45, 7) is 0. The Hall–Kier alpha value is -3.00. The van der Waals surface area contributed by atoms with Crippen molar-refractivity contribution < 1.29 is 9.59 Å². The number of ketones is 2. The molecular formula is C20H12O2. The SMILES string of the molecule is O=C1/C(=C2\C=Cc3ccccc3C2=O)C=Cc2ccccc21. The fourth-order valence-corrected chi connectivity index (χ4v) is 2.91. The van der Waals surface area contributed by atoms with Crippen molar-refractivity contribution >= 4 is 23.7 Å². The van der Waals surface area contributed by atoms with Crippen molar-refractivity contribution in [2.45, 2.75) is 0 Å². The highest BCUT2D eigenvalue weighted by Gasteiger charge is 2.26. The Balaban J connectivity index is 1.88. The molecule has 2 nitrogen and oxygen atoms in total. The highest BCUT2D eigenvalue weighted by Crippen LogP contribution is 2.30. The third kappa shape index (κ3) is 1.81. The zero-order valence-electron chi connectivity index (χ0n) is 11.7. The van der Waals surface area contributed by atoms with Gasteiger partial charge >= 0.3 is 0 Å². The molecule has 0 spiro atoms. The Morgan fingerprint density at radius 2 is 0.909 bits per heavy atom. The number of hydrogen-bond donors (Lipinski definition) is 0. The summed E-state index contributed by atoms with van der Waals surface area (Å²) in [4.78, 5) is 25.4. The van der Waals surface area contributed by atoms with Crippen molar-refractivity contribution in [3.8, 4) is 0 Å². The third-order valence-electron chi connectivity index (χ3n) is 4.05. The fraction of sp³-hybridized carbons (Fsp3) is 0. The Labute approximate surface area is 128 Å². The monoisotopic (exact) mass is 284 g/mol. The first-order valence-electron chi connectivity index (χ1n) is 7.13. The molecule has 2 aromatic carbocycles. The van der Waals surface area contributed by atoms with Crippen LogP contribution in [0.2, 0.25) is 0 Å². The van der Waals surface area contributed by atoms with Gasteiger partial charge in [-0.25, -0.2) is 0 Å². The minimum absolute atomic E-state index is 0.0921. The topological polar surface area (TPSA) is 34.1 Å². The maximum atomic E-state index is 12.7. The van der Waals surface area contributed by atoms with Crippen molar-refractivity contribution in [2.24, 2.45) is 0 Å². The summed E-state index contributed by atoms with van der Waals surface area (Å²) in [5, 5.41) is 0. The smallest absolute Gasteiger partial charge is 0.194 e. The van der Waals surface area contributed by atoms with Crippen molar-refractivity contribution in [3.05, 3.63) is 94.1 Å². The summed E-state index contributed by atoms with van der Waals surface area (Å²) >= 11 is 0. The van der Waals surface area contributed by atoms with Crippen LogP contribution in [0.1, 0.15) is 31.8 Å². The van der Waals surface area contributed by atoms with E-state index in [-0.39, 0.29) is 11.6 Å². The van der Waals surface area contributed by atoms with E-state index in [9.17, 15) is 9.59 Å². The number of Topliss-reactive ketones (excluding diaryl/α,β-unsaturated/α-hetero) is 2. The Bertz CT molecular complexity index is 835. The average Bonchev–Trinajstić information content (AvgIpc) is 2.57. The van der Waals surface area contributed by atoms with E-state index in [1.165, 1.54) is 0 Å². The summed E-state index contributed by atoms with van der Waals surface area (Å²) in [6.07, 6.45) is 7.27. The van der Waals surface area contributed by atoms with Gasteiger partial charge in [0.1, 0.15) is 0 Å². The molecule has 0 aromatic heterocycles.